The molecule has 0 aliphatic rings. The molecule has 0 aromatic heterocycles. The van der Waals surface area contributed by atoms with Crippen molar-refractivity contribution in [3.8, 4) is 0 Å². The largest absolute Gasteiger partial charge is 0.357 e. The summed E-state index contributed by atoms with van der Waals surface area (Å²) in [5.74, 6) is 0.721. The maximum atomic E-state index is 12.1. The molecule has 0 fully saturated rings. The van der Waals surface area contributed by atoms with E-state index in [4.69, 9.17) is 0 Å². The van der Waals surface area contributed by atoms with E-state index in [0.717, 1.165) is 19.5 Å². The first-order valence-electron chi connectivity index (χ1n) is 8.04. The van der Waals surface area contributed by atoms with Crippen molar-refractivity contribution < 1.29 is 8.42 Å². The molecule has 0 spiro atoms. The predicted octanol–water partition coefficient (Wildman–Crippen LogP) is 2.62. The van der Waals surface area contributed by atoms with Gasteiger partial charge in [-0.1, -0.05) is 30.3 Å². The summed E-state index contributed by atoms with van der Waals surface area (Å²) >= 11 is 0. The van der Waals surface area contributed by atoms with Gasteiger partial charge >= 0.3 is 0 Å². The molecule has 0 atom stereocenters. The lowest BCUT2D eigenvalue weighted by molar-refractivity contribution is 0.560. The van der Waals surface area contributed by atoms with E-state index in [2.05, 4.69) is 27.8 Å². The Hall–Kier alpha value is -0.830. The Morgan fingerprint density at radius 1 is 1.12 bits per heavy atom. The Bertz CT molecular complexity index is 596. The highest BCUT2D eigenvalue weighted by Crippen LogP contribution is 2.15. The molecule has 0 radical (unpaired) electrons. The van der Waals surface area contributed by atoms with Crippen LogP contribution in [0.2, 0.25) is 0 Å². The number of hydrogen-bond acceptors (Lipinski definition) is 3. The van der Waals surface area contributed by atoms with Crippen molar-refractivity contribution in [2.75, 3.05) is 25.4 Å². The number of benzene rings is 1. The summed E-state index contributed by atoms with van der Waals surface area (Å²) in [6, 6.07) is 10.2. The summed E-state index contributed by atoms with van der Waals surface area (Å²) in [5, 5.41) is 6.38. The van der Waals surface area contributed by atoms with Gasteiger partial charge in [0.25, 0.3) is 0 Å². The maximum Gasteiger partial charge on any atom is 0.191 e. The fourth-order valence-electron chi connectivity index (χ4n) is 1.90. The van der Waals surface area contributed by atoms with E-state index in [1.807, 2.05) is 25.1 Å². The van der Waals surface area contributed by atoms with Gasteiger partial charge in [0.15, 0.2) is 15.8 Å². The Morgan fingerprint density at radius 2 is 1.75 bits per heavy atom. The van der Waals surface area contributed by atoms with E-state index in [1.54, 1.807) is 20.8 Å². The van der Waals surface area contributed by atoms with Gasteiger partial charge in [-0.3, -0.25) is 4.99 Å². The van der Waals surface area contributed by atoms with Crippen molar-refractivity contribution in [3.05, 3.63) is 35.9 Å². The zero-order chi connectivity index (χ0) is 17.3. The number of guanidine groups is 1. The smallest absolute Gasteiger partial charge is 0.191 e. The number of halogens is 1. The molecule has 1 aromatic rings. The Morgan fingerprint density at radius 3 is 2.29 bits per heavy atom. The molecule has 1 aromatic carbocycles. The van der Waals surface area contributed by atoms with Crippen LogP contribution >= 0.6 is 24.0 Å². The lowest BCUT2D eigenvalue weighted by Crippen LogP contribution is -2.39. The van der Waals surface area contributed by atoms with E-state index in [1.165, 1.54) is 5.56 Å². The molecule has 24 heavy (non-hydrogen) atoms. The molecular weight excluding hydrogens is 437 g/mol. The highest BCUT2D eigenvalue weighted by atomic mass is 127. The summed E-state index contributed by atoms with van der Waals surface area (Å²) in [6.45, 7) is 8.89. The fourth-order valence-corrected chi connectivity index (χ4v) is 2.84. The normalized spacial score (nSPS) is 12.4. The van der Waals surface area contributed by atoms with Gasteiger partial charge in [0, 0.05) is 13.1 Å². The van der Waals surface area contributed by atoms with E-state index >= 15 is 0 Å². The molecule has 0 bridgehead atoms. The van der Waals surface area contributed by atoms with Crippen molar-refractivity contribution in [2.24, 2.45) is 4.99 Å². The van der Waals surface area contributed by atoms with Crippen molar-refractivity contribution in [3.63, 3.8) is 0 Å². The second kappa shape index (κ2) is 10.9. The van der Waals surface area contributed by atoms with E-state index in [0.29, 0.717) is 5.96 Å². The molecule has 5 nitrogen and oxygen atoms in total. The molecule has 0 unspecified atom stereocenters. The average Bonchev–Trinajstić information content (AvgIpc) is 2.47. The Balaban J connectivity index is 0.00000529. The van der Waals surface area contributed by atoms with Crippen molar-refractivity contribution in [2.45, 2.75) is 38.9 Å². The topological polar surface area (TPSA) is 70.6 Å². The summed E-state index contributed by atoms with van der Waals surface area (Å²) < 4.78 is 23.4. The zero-order valence-electron chi connectivity index (χ0n) is 15.0. The van der Waals surface area contributed by atoms with E-state index in [-0.39, 0.29) is 36.3 Å². The minimum absolute atomic E-state index is 0. The molecule has 0 saturated heterocycles. The second-order valence-electron chi connectivity index (χ2n) is 6.35. The highest BCUT2D eigenvalue weighted by molar-refractivity contribution is 14.0. The number of hydrogen-bond donors (Lipinski definition) is 2. The molecule has 7 heteroatoms. The monoisotopic (exact) mass is 467 g/mol. The minimum atomic E-state index is -3.13. The van der Waals surface area contributed by atoms with Crippen LogP contribution in [0.15, 0.2) is 35.3 Å². The maximum absolute atomic E-state index is 12.1. The Labute approximate surface area is 163 Å². The molecule has 0 saturated carbocycles. The van der Waals surface area contributed by atoms with Crippen LogP contribution in [0.25, 0.3) is 0 Å². The third-order valence-electron chi connectivity index (χ3n) is 3.46. The van der Waals surface area contributed by atoms with Gasteiger partial charge in [-0.2, -0.15) is 0 Å². The number of nitrogens with zero attached hydrogens (tertiary/aromatic N) is 1. The van der Waals surface area contributed by atoms with Crippen LogP contribution in [0.1, 0.15) is 33.3 Å². The summed E-state index contributed by atoms with van der Waals surface area (Å²) in [5.41, 5.74) is 1.26. The van der Waals surface area contributed by atoms with Crippen molar-refractivity contribution >= 4 is 39.8 Å². The van der Waals surface area contributed by atoms with Crippen LogP contribution in [0.3, 0.4) is 0 Å². The molecular formula is C17H30IN3O2S. The molecule has 0 aliphatic carbocycles. The van der Waals surface area contributed by atoms with Crippen LogP contribution in [-0.4, -0.2) is 44.5 Å². The van der Waals surface area contributed by atoms with Crippen LogP contribution in [0, 0.1) is 0 Å². The Kier molecular flexibility index (Phi) is 10.5. The molecule has 2 N–H and O–H groups in total. The first kappa shape index (κ1) is 23.2. The quantitative estimate of drug-likeness (QED) is 0.368. The van der Waals surface area contributed by atoms with Gasteiger partial charge in [0.2, 0.25) is 0 Å². The van der Waals surface area contributed by atoms with Gasteiger partial charge < -0.3 is 10.6 Å². The number of nitrogens with one attached hydrogen (secondary N) is 2. The third kappa shape index (κ3) is 8.32. The predicted molar refractivity (Wildman–Crippen MR) is 113 cm³/mol. The van der Waals surface area contributed by atoms with Gasteiger partial charge in [-0.05, 0) is 39.7 Å². The standard InChI is InChI=1S/C17H29N3O2S.HI/c1-5-18-16(19-12-11-15-9-7-6-8-10-15)20-13-14-23(21,22)17(2,3)4;/h6-10H,5,11-14H2,1-4H3,(H2,18,19,20);1H. The second-order valence-corrected chi connectivity index (χ2v) is 9.22. The SMILES string of the molecule is CCNC(=NCCS(=O)(=O)C(C)(C)C)NCCc1ccccc1.I. The molecule has 0 heterocycles. The number of sulfone groups is 1. The van der Waals surface area contributed by atoms with E-state index in [9.17, 15) is 8.42 Å². The zero-order valence-corrected chi connectivity index (χ0v) is 18.1. The summed E-state index contributed by atoms with van der Waals surface area (Å²) in [7, 11) is -3.13. The number of aliphatic imine (C=N–C) groups is 1. The van der Waals surface area contributed by atoms with Crippen LogP contribution in [-0.2, 0) is 16.3 Å². The third-order valence-corrected chi connectivity index (χ3v) is 6.04. The molecule has 1 rings (SSSR count). The molecule has 0 amide bonds. The number of rotatable bonds is 7. The van der Waals surface area contributed by atoms with Crippen LogP contribution in [0.5, 0.6) is 0 Å². The minimum Gasteiger partial charge on any atom is -0.357 e. The highest BCUT2D eigenvalue weighted by Gasteiger charge is 2.28. The summed E-state index contributed by atoms with van der Waals surface area (Å²) in [4.78, 5) is 4.36. The average molecular weight is 467 g/mol. The van der Waals surface area contributed by atoms with Gasteiger partial charge in [0.1, 0.15) is 0 Å². The van der Waals surface area contributed by atoms with E-state index < -0.39 is 14.6 Å². The molecule has 0 aliphatic heterocycles. The van der Waals surface area contributed by atoms with Gasteiger partial charge in [-0.25, -0.2) is 8.42 Å². The lowest BCUT2D eigenvalue weighted by atomic mass is 10.1. The van der Waals surface area contributed by atoms with Gasteiger partial charge in [0.05, 0.1) is 17.0 Å². The first-order valence-corrected chi connectivity index (χ1v) is 9.70. The van der Waals surface area contributed by atoms with Crippen molar-refractivity contribution in [1.82, 2.24) is 10.6 Å². The molecule has 138 valence electrons. The van der Waals surface area contributed by atoms with Crippen LogP contribution in [0.4, 0.5) is 0 Å². The summed E-state index contributed by atoms with van der Waals surface area (Å²) in [6.07, 6.45) is 0.894. The van der Waals surface area contributed by atoms with Crippen LogP contribution < -0.4 is 10.6 Å². The van der Waals surface area contributed by atoms with Gasteiger partial charge in [-0.15, -0.1) is 24.0 Å². The first-order chi connectivity index (χ1) is 10.8. The van der Waals surface area contributed by atoms with Crippen molar-refractivity contribution in [1.29, 1.82) is 0 Å². The lowest BCUT2D eigenvalue weighted by Gasteiger charge is -2.18. The fraction of sp³-hybridized carbons (Fsp3) is 0.588.